The van der Waals surface area contributed by atoms with Crippen LogP contribution in [-0.2, 0) is 0 Å². The SMILES string of the molecule is [2H]c1c(Cl)nc(Cl)nc1-c1c([2H])c([2H])c([2H])c([Si](c2ccccc2)(c2c([2H])c([2H])c([2H])c([2H])c2[2H])c2c([2H])c([2H])c([2H])c([2H])c2[2H])c1[2H]. The molecule has 1 aromatic heterocycles. The number of rotatable bonds is 5. The Labute approximate surface area is 225 Å². The summed E-state index contributed by atoms with van der Waals surface area (Å²) in [6.07, 6.45) is 0. The zero-order valence-electron chi connectivity index (χ0n) is 31.5. The standard InChI is InChI=1S/C28H20Cl2N2Si/c29-27-20-26(31-28(30)32-27)21-11-10-18-25(19-21)33(22-12-4-1-5-13-22,23-14-6-2-7-15-23)24-16-8-3-9-17-24/h1-20H/i1D,2D,4D,5D,6D,7D,10D,11D,12D,13D,14D,15D,18D,19D,20D. The number of hydrogen-bond donors (Lipinski definition) is 0. The third-order valence-corrected chi connectivity index (χ3v) is 9.36. The molecule has 4 aromatic carbocycles. The molecule has 2 nitrogen and oxygen atoms in total. The fraction of sp³-hybridized carbons (Fsp3) is 0. The smallest absolute Gasteiger partial charge is 0.218 e. The molecule has 0 saturated carbocycles. The summed E-state index contributed by atoms with van der Waals surface area (Å²) in [5, 5.41) is -2.63. The molecule has 5 rings (SSSR count). The highest BCUT2D eigenvalue weighted by Gasteiger charge is 2.41. The molecule has 0 fully saturated rings. The molecule has 160 valence electrons. The molecular formula is C28H20Cl2N2Si. The van der Waals surface area contributed by atoms with Crippen molar-refractivity contribution in [2.24, 2.45) is 0 Å². The van der Waals surface area contributed by atoms with E-state index in [0.29, 0.717) is 0 Å². The Morgan fingerprint density at radius 2 is 1.21 bits per heavy atom. The Balaban J connectivity index is 2.25. The van der Waals surface area contributed by atoms with Crippen LogP contribution >= 0.6 is 23.2 Å². The molecule has 0 bridgehead atoms. The summed E-state index contributed by atoms with van der Waals surface area (Å²) in [5.74, 6) is 0. The fourth-order valence-electron chi connectivity index (χ4n) is 3.49. The largest absolute Gasteiger partial charge is 0.224 e. The third-order valence-electron chi connectivity index (χ3n) is 4.81. The Bertz CT molecular complexity index is 2060. The van der Waals surface area contributed by atoms with Crippen molar-refractivity contribution in [3.05, 3.63) is 131 Å². The first kappa shape index (κ1) is 10.4. The Morgan fingerprint density at radius 1 is 0.606 bits per heavy atom. The summed E-state index contributed by atoms with van der Waals surface area (Å²) in [5.41, 5.74) is -1.06. The van der Waals surface area contributed by atoms with E-state index in [-0.39, 0.29) is 5.19 Å². The van der Waals surface area contributed by atoms with Crippen molar-refractivity contribution in [3.63, 3.8) is 0 Å². The van der Waals surface area contributed by atoms with Gasteiger partial charge in [0.2, 0.25) is 5.28 Å². The summed E-state index contributed by atoms with van der Waals surface area (Å²) in [4.78, 5) is 7.67. The van der Waals surface area contributed by atoms with Crippen LogP contribution in [0.3, 0.4) is 0 Å². The monoisotopic (exact) mass is 497 g/mol. The molecule has 0 aliphatic heterocycles. The second kappa shape index (κ2) is 9.32. The van der Waals surface area contributed by atoms with Crippen LogP contribution in [0.4, 0.5) is 0 Å². The van der Waals surface area contributed by atoms with E-state index in [1.165, 1.54) is 24.3 Å². The minimum Gasteiger partial charge on any atom is -0.218 e. The Morgan fingerprint density at radius 3 is 1.85 bits per heavy atom. The van der Waals surface area contributed by atoms with Crippen LogP contribution < -0.4 is 20.7 Å². The predicted octanol–water partition coefficient (Wildman–Crippen LogP) is 4.83. The van der Waals surface area contributed by atoms with Gasteiger partial charge in [0.1, 0.15) is 5.15 Å². The highest BCUT2D eigenvalue weighted by Crippen LogP contribution is 2.22. The van der Waals surface area contributed by atoms with E-state index < -0.39 is 136 Å². The highest BCUT2D eigenvalue weighted by atomic mass is 35.5. The minimum atomic E-state index is -5.15. The lowest BCUT2D eigenvalue weighted by Gasteiger charge is -2.34. The van der Waals surface area contributed by atoms with Crippen molar-refractivity contribution in [1.82, 2.24) is 9.97 Å². The van der Waals surface area contributed by atoms with Gasteiger partial charge < -0.3 is 0 Å². The quantitative estimate of drug-likeness (QED) is 0.150. The molecule has 0 N–H and O–H groups in total. The molecule has 0 amide bonds. The maximum absolute atomic E-state index is 9.56. The summed E-state index contributed by atoms with van der Waals surface area (Å²) >= 11 is 12.1. The van der Waals surface area contributed by atoms with Gasteiger partial charge in [-0.25, -0.2) is 9.97 Å². The molecule has 5 aromatic rings. The molecule has 33 heavy (non-hydrogen) atoms. The second-order valence-electron chi connectivity index (χ2n) is 6.62. The van der Waals surface area contributed by atoms with Gasteiger partial charge in [-0.15, -0.1) is 0 Å². The van der Waals surface area contributed by atoms with Crippen LogP contribution in [-0.4, -0.2) is 18.0 Å². The average molecular weight is 499 g/mol. The van der Waals surface area contributed by atoms with E-state index in [9.17, 15) is 2.74 Å². The van der Waals surface area contributed by atoms with Gasteiger partial charge in [0.25, 0.3) is 0 Å². The van der Waals surface area contributed by atoms with E-state index in [4.69, 9.17) is 41.0 Å². The normalized spacial score (nSPS) is 17.7. The van der Waals surface area contributed by atoms with Gasteiger partial charge in [-0.1, -0.05) is 127 Å². The van der Waals surface area contributed by atoms with E-state index >= 15 is 0 Å². The van der Waals surface area contributed by atoms with Crippen LogP contribution in [0.2, 0.25) is 10.4 Å². The number of halogens is 2. The van der Waals surface area contributed by atoms with Crippen LogP contribution in [0.25, 0.3) is 11.3 Å². The number of nitrogens with zero attached hydrogens (tertiary/aromatic N) is 2. The van der Waals surface area contributed by atoms with Crippen LogP contribution in [0.1, 0.15) is 20.6 Å². The second-order valence-corrected chi connectivity index (χ2v) is 10.9. The minimum absolute atomic E-state index is 0.0250. The van der Waals surface area contributed by atoms with Gasteiger partial charge in [0.15, 0.2) is 8.07 Å². The van der Waals surface area contributed by atoms with Crippen molar-refractivity contribution >= 4 is 52.0 Å². The van der Waals surface area contributed by atoms with E-state index in [1.807, 2.05) is 0 Å². The van der Waals surface area contributed by atoms with Crippen LogP contribution in [0.5, 0.6) is 0 Å². The lowest BCUT2D eigenvalue weighted by Crippen LogP contribution is -2.74. The Hall–Kier alpha value is -3.24. The molecule has 5 heteroatoms. The lowest BCUT2D eigenvalue weighted by molar-refractivity contribution is 1.17. The molecule has 0 spiro atoms. The van der Waals surface area contributed by atoms with Gasteiger partial charge in [-0.2, -0.15) is 0 Å². The van der Waals surface area contributed by atoms with Crippen molar-refractivity contribution in [1.29, 1.82) is 0 Å². The molecule has 0 unspecified atom stereocenters. The van der Waals surface area contributed by atoms with Gasteiger partial charge in [-0.05, 0) is 32.3 Å². The predicted molar refractivity (Wildman–Crippen MR) is 141 cm³/mol. The number of hydrogen-bond acceptors (Lipinski definition) is 2. The first-order chi connectivity index (χ1) is 22.4. The molecule has 0 atom stereocenters. The first-order valence-corrected chi connectivity index (χ1v) is 12.2. The van der Waals surface area contributed by atoms with Gasteiger partial charge in [0.05, 0.1) is 26.3 Å². The van der Waals surface area contributed by atoms with Crippen molar-refractivity contribution in [2.75, 3.05) is 0 Å². The first-order valence-electron chi connectivity index (χ1n) is 16.9. The molecule has 0 aliphatic rings. The maximum atomic E-state index is 9.56. The van der Waals surface area contributed by atoms with Crippen molar-refractivity contribution in [3.8, 4) is 11.3 Å². The van der Waals surface area contributed by atoms with Crippen molar-refractivity contribution in [2.45, 2.75) is 0 Å². The number of benzene rings is 4. The summed E-state index contributed by atoms with van der Waals surface area (Å²) in [7, 11) is -5.15. The van der Waals surface area contributed by atoms with Gasteiger partial charge in [0, 0.05) is 11.6 Å². The number of aromatic nitrogens is 2. The summed E-state index contributed by atoms with van der Waals surface area (Å²) in [6.45, 7) is 0. The maximum Gasteiger partial charge on any atom is 0.224 e. The van der Waals surface area contributed by atoms with Crippen LogP contribution in [0.15, 0.2) is 121 Å². The van der Waals surface area contributed by atoms with Crippen molar-refractivity contribution < 1.29 is 20.6 Å². The van der Waals surface area contributed by atoms with Crippen LogP contribution in [0, 0.1) is 0 Å². The zero-order valence-corrected chi connectivity index (χ0v) is 19.0. The fourth-order valence-corrected chi connectivity index (χ4v) is 7.74. The van der Waals surface area contributed by atoms with Gasteiger partial charge >= 0.3 is 0 Å². The summed E-state index contributed by atoms with van der Waals surface area (Å²) < 4.78 is 132. The Kier molecular flexibility index (Phi) is 2.92. The lowest BCUT2D eigenvalue weighted by atomic mass is 10.1. The van der Waals surface area contributed by atoms with Gasteiger partial charge in [-0.3, -0.25) is 0 Å². The van der Waals surface area contributed by atoms with E-state index in [1.54, 1.807) is 6.07 Å². The van der Waals surface area contributed by atoms with E-state index in [0.717, 1.165) is 0 Å². The highest BCUT2D eigenvalue weighted by molar-refractivity contribution is 7.19. The van der Waals surface area contributed by atoms with E-state index in [2.05, 4.69) is 9.97 Å². The summed E-state index contributed by atoms with van der Waals surface area (Å²) in [6, 6.07) is -4.77. The topological polar surface area (TPSA) is 25.8 Å². The molecular weight excluding hydrogens is 463 g/mol. The zero-order chi connectivity index (χ0) is 35.7. The molecule has 1 heterocycles. The molecule has 0 saturated heterocycles. The third kappa shape index (κ3) is 4.11. The molecule has 0 aliphatic carbocycles. The molecule has 0 radical (unpaired) electrons. The average Bonchev–Trinajstić information content (AvgIpc) is 3.06.